The van der Waals surface area contributed by atoms with E-state index in [1.165, 1.54) is 6.20 Å². The van der Waals surface area contributed by atoms with E-state index in [2.05, 4.69) is 4.98 Å². The van der Waals surface area contributed by atoms with Crippen LogP contribution in [0, 0.1) is 0 Å². The van der Waals surface area contributed by atoms with E-state index in [0.717, 1.165) is 11.3 Å². The average Bonchev–Trinajstić information content (AvgIpc) is 2.89. The number of rotatable bonds is 4. The third-order valence-corrected chi connectivity index (χ3v) is 2.99. The van der Waals surface area contributed by atoms with Crippen molar-refractivity contribution in [1.29, 1.82) is 0 Å². The lowest BCUT2D eigenvalue weighted by Crippen LogP contribution is -2.27. The standard InChI is InChI=1S/C14H15NO4/c1-14(2,13(16)17)11-8-15-12(19-11)9-4-6-10(18-3)7-5-9/h4-8H,1-3H3,(H,16,17). The maximum atomic E-state index is 11.1. The first-order valence-corrected chi connectivity index (χ1v) is 5.79. The molecule has 0 atom stereocenters. The topological polar surface area (TPSA) is 72.6 Å². The molecular weight excluding hydrogens is 246 g/mol. The number of carboxylic acid groups (broad SMARTS) is 1. The third kappa shape index (κ3) is 2.45. The Hall–Kier alpha value is -2.30. The van der Waals surface area contributed by atoms with Gasteiger partial charge in [-0.2, -0.15) is 0 Å². The van der Waals surface area contributed by atoms with Crippen molar-refractivity contribution in [2.24, 2.45) is 0 Å². The minimum Gasteiger partial charge on any atom is -0.497 e. The Morgan fingerprint density at radius 3 is 2.47 bits per heavy atom. The highest BCUT2D eigenvalue weighted by Gasteiger charge is 2.33. The normalized spacial score (nSPS) is 11.3. The minimum absolute atomic E-state index is 0.325. The molecule has 1 aromatic carbocycles. The molecule has 0 saturated carbocycles. The number of hydrogen-bond donors (Lipinski definition) is 1. The van der Waals surface area contributed by atoms with Gasteiger partial charge in [0.2, 0.25) is 5.89 Å². The summed E-state index contributed by atoms with van der Waals surface area (Å²) in [5.41, 5.74) is -0.328. The Morgan fingerprint density at radius 2 is 1.95 bits per heavy atom. The second-order valence-corrected chi connectivity index (χ2v) is 4.69. The number of ether oxygens (including phenoxy) is 1. The highest BCUT2D eigenvalue weighted by molar-refractivity contribution is 5.79. The molecule has 0 aliphatic heterocycles. The van der Waals surface area contributed by atoms with Crippen LogP contribution in [0.5, 0.6) is 5.75 Å². The molecule has 0 bridgehead atoms. The van der Waals surface area contributed by atoms with Crippen LogP contribution in [0.4, 0.5) is 0 Å². The number of oxazole rings is 1. The fourth-order valence-electron chi connectivity index (χ4n) is 1.54. The Labute approximate surface area is 110 Å². The molecule has 100 valence electrons. The van der Waals surface area contributed by atoms with E-state index in [4.69, 9.17) is 14.3 Å². The summed E-state index contributed by atoms with van der Waals surface area (Å²) in [6.45, 7) is 3.15. The molecule has 2 rings (SSSR count). The summed E-state index contributed by atoms with van der Waals surface area (Å²) in [4.78, 5) is 15.3. The second-order valence-electron chi connectivity index (χ2n) is 4.69. The molecule has 1 heterocycles. The van der Waals surface area contributed by atoms with E-state index in [1.807, 2.05) is 12.1 Å². The van der Waals surface area contributed by atoms with E-state index in [-0.39, 0.29) is 0 Å². The molecule has 5 heteroatoms. The number of methoxy groups -OCH3 is 1. The fraction of sp³-hybridized carbons (Fsp3) is 0.286. The fourth-order valence-corrected chi connectivity index (χ4v) is 1.54. The molecule has 0 aliphatic carbocycles. The number of nitrogens with zero attached hydrogens (tertiary/aromatic N) is 1. The zero-order chi connectivity index (χ0) is 14.0. The van der Waals surface area contributed by atoms with Gasteiger partial charge in [0, 0.05) is 5.56 Å². The van der Waals surface area contributed by atoms with Gasteiger partial charge in [0.1, 0.15) is 16.9 Å². The first-order valence-electron chi connectivity index (χ1n) is 5.79. The van der Waals surface area contributed by atoms with Gasteiger partial charge in [-0.15, -0.1) is 0 Å². The molecule has 0 radical (unpaired) electrons. The highest BCUT2D eigenvalue weighted by Crippen LogP contribution is 2.28. The Balaban J connectivity index is 2.32. The quantitative estimate of drug-likeness (QED) is 0.916. The molecule has 5 nitrogen and oxygen atoms in total. The van der Waals surface area contributed by atoms with Gasteiger partial charge in [-0.1, -0.05) is 0 Å². The first kappa shape index (κ1) is 13.1. The molecule has 0 amide bonds. The van der Waals surface area contributed by atoms with Crippen LogP contribution in [-0.2, 0) is 10.2 Å². The molecule has 1 N–H and O–H groups in total. The predicted molar refractivity (Wildman–Crippen MR) is 69.2 cm³/mol. The molecule has 0 aliphatic rings. The molecule has 0 unspecified atom stereocenters. The summed E-state index contributed by atoms with van der Waals surface area (Å²) in [5.74, 6) is 0.504. The Morgan fingerprint density at radius 1 is 1.32 bits per heavy atom. The summed E-state index contributed by atoms with van der Waals surface area (Å²) < 4.78 is 10.6. The zero-order valence-corrected chi connectivity index (χ0v) is 11.0. The second kappa shape index (κ2) is 4.76. The van der Waals surface area contributed by atoms with Crippen molar-refractivity contribution in [3.05, 3.63) is 36.2 Å². The largest absolute Gasteiger partial charge is 0.497 e. The van der Waals surface area contributed by atoms with Gasteiger partial charge in [-0.3, -0.25) is 4.79 Å². The monoisotopic (exact) mass is 261 g/mol. The highest BCUT2D eigenvalue weighted by atomic mass is 16.5. The summed E-state index contributed by atoms with van der Waals surface area (Å²) in [6.07, 6.45) is 1.45. The van der Waals surface area contributed by atoms with Crippen LogP contribution in [0.3, 0.4) is 0 Å². The van der Waals surface area contributed by atoms with Gasteiger partial charge in [-0.25, -0.2) is 4.98 Å². The summed E-state index contributed by atoms with van der Waals surface area (Å²) in [7, 11) is 1.59. The van der Waals surface area contributed by atoms with Gasteiger partial charge < -0.3 is 14.3 Å². The molecular formula is C14H15NO4. The van der Waals surface area contributed by atoms with Crippen LogP contribution < -0.4 is 4.74 Å². The first-order chi connectivity index (χ1) is 8.95. The van der Waals surface area contributed by atoms with Crippen molar-refractivity contribution in [3.63, 3.8) is 0 Å². The van der Waals surface area contributed by atoms with Gasteiger partial charge in [0.15, 0.2) is 0 Å². The van der Waals surface area contributed by atoms with Crippen LogP contribution >= 0.6 is 0 Å². The summed E-state index contributed by atoms with van der Waals surface area (Å²) in [6, 6.07) is 7.20. The van der Waals surface area contributed by atoms with Gasteiger partial charge >= 0.3 is 5.97 Å². The number of carboxylic acids is 1. The SMILES string of the molecule is COc1ccc(-c2ncc(C(C)(C)C(=O)O)o2)cc1. The number of hydrogen-bond acceptors (Lipinski definition) is 4. The lowest BCUT2D eigenvalue weighted by molar-refractivity contribution is -0.143. The lowest BCUT2D eigenvalue weighted by atomic mass is 9.91. The van der Waals surface area contributed by atoms with Crippen molar-refractivity contribution >= 4 is 5.97 Å². The zero-order valence-electron chi connectivity index (χ0n) is 11.0. The smallest absolute Gasteiger partial charge is 0.316 e. The van der Waals surface area contributed by atoms with Gasteiger partial charge in [-0.05, 0) is 38.1 Å². The maximum absolute atomic E-state index is 11.1. The van der Waals surface area contributed by atoms with E-state index >= 15 is 0 Å². The van der Waals surface area contributed by atoms with Crippen molar-refractivity contribution in [3.8, 4) is 17.2 Å². The molecule has 19 heavy (non-hydrogen) atoms. The van der Waals surface area contributed by atoms with Crippen molar-refractivity contribution < 1.29 is 19.1 Å². The van der Waals surface area contributed by atoms with Crippen LogP contribution in [0.15, 0.2) is 34.9 Å². The third-order valence-electron chi connectivity index (χ3n) is 2.99. The Kier molecular flexibility index (Phi) is 3.29. The van der Waals surface area contributed by atoms with Gasteiger partial charge in [0.05, 0.1) is 13.3 Å². The number of carbonyl (C=O) groups is 1. The van der Waals surface area contributed by atoms with E-state index in [9.17, 15) is 4.79 Å². The van der Waals surface area contributed by atoms with Crippen molar-refractivity contribution in [2.75, 3.05) is 7.11 Å². The average molecular weight is 261 g/mol. The lowest BCUT2D eigenvalue weighted by Gasteiger charge is -2.14. The van der Waals surface area contributed by atoms with E-state index in [1.54, 1.807) is 33.1 Å². The van der Waals surface area contributed by atoms with Crippen LogP contribution in [-0.4, -0.2) is 23.2 Å². The maximum Gasteiger partial charge on any atom is 0.316 e. The van der Waals surface area contributed by atoms with E-state index < -0.39 is 11.4 Å². The molecule has 1 aromatic heterocycles. The van der Waals surface area contributed by atoms with Crippen LogP contribution in [0.25, 0.3) is 11.5 Å². The number of aliphatic carboxylic acids is 1. The van der Waals surface area contributed by atoms with Crippen molar-refractivity contribution in [1.82, 2.24) is 4.98 Å². The van der Waals surface area contributed by atoms with Crippen molar-refractivity contribution in [2.45, 2.75) is 19.3 Å². The number of benzene rings is 1. The number of aromatic nitrogens is 1. The van der Waals surface area contributed by atoms with Crippen LogP contribution in [0.2, 0.25) is 0 Å². The molecule has 2 aromatic rings. The Bertz CT molecular complexity index is 584. The van der Waals surface area contributed by atoms with E-state index in [0.29, 0.717) is 11.7 Å². The summed E-state index contributed by atoms with van der Waals surface area (Å²) in [5, 5.41) is 9.14. The molecule has 0 fully saturated rings. The molecule has 0 saturated heterocycles. The molecule has 0 spiro atoms. The predicted octanol–water partition coefficient (Wildman–Crippen LogP) is 2.71. The minimum atomic E-state index is -1.10. The summed E-state index contributed by atoms with van der Waals surface area (Å²) >= 11 is 0. The van der Waals surface area contributed by atoms with Crippen LogP contribution in [0.1, 0.15) is 19.6 Å². The van der Waals surface area contributed by atoms with Gasteiger partial charge in [0.25, 0.3) is 0 Å².